The highest BCUT2D eigenvalue weighted by Crippen LogP contribution is 2.18. The normalized spacial score (nSPS) is 9.92. The van der Waals surface area contributed by atoms with Gasteiger partial charge in [0.2, 0.25) is 0 Å². The number of pyridine rings is 1. The number of carbonyl (C=O) groups is 1. The first-order valence-electron chi connectivity index (χ1n) is 7.44. The molecule has 1 heterocycles. The Hall–Kier alpha value is -3.17. The lowest BCUT2D eigenvalue weighted by atomic mass is 10.2. The SMILES string of the molecule is N#Cc1cccc(Nc2cc(C(=O)Nc3ccc(Br)cc3)ccn2)c1. The van der Waals surface area contributed by atoms with E-state index in [1.165, 1.54) is 0 Å². The molecule has 0 atom stereocenters. The van der Waals surface area contributed by atoms with E-state index in [2.05, 4.69) is 37.6 Å². The predicted octanol–water partition coefficient (Wildman–Crippen LogP) is 4.71. The first kappa shape index (κ1) is 16.7. The fraction of sp³-hybridized carbons (Fsp3) is 0. The zero-order valence-electron chi connectivity index (χ0n) is 13.0. The van der Waals surface area contributed by atoms with Gasteiger partial charge >= 0.3 is 0 Å². The number of hydrogen-bond donors (Lipinski definition) is 2. The van der Waals surface area contributed by atoms with E-state index in [4.69, 9.17) is 5.26 Å². The number of benzene rings is 2. The fourth-order valence-corrected chi connectivity index (χ4v) is 2.46. The molecular weight excluding hydrogens is 380 g/mol. The molecule has 0 saturated carbocycles. The molecule has 2 aromatic carbocycles. The van der Waals surface area contributed by atoms with Crippen molar-refractivity contribution in [1.29, 1.82) is 5.26 Å². The predicted molar refractivity (Wildman–Crippen MR) is 101 cm³/mol. The Morgan fingerprint density at radius 1 is 1.04 bits per heavy atom. The number of rotatable bonds is 4. The van der Waals surface area contributed by atoms with Gasteiger partial charge < -0.3 is 10.6 Å². The Bertz CT molecular complexity index is 948. The minimum Gasteiger partial charge on any atom is -0.340 e. The topological polar surface area (TPSA) is 77.8 Å². The molecule has 0 aliphatic carbocycles. The first-order valence-corrected chi connectivity index (χ1v) is 8.23. The van der Waals surface area contributed by atoms with Crippen LogP contribution in [0.5, 0.6) is 0 Å². The minimum atomic E-state index is -0.224. The summed E-state index contributed by atoms with van der Waals surface area (Å²) in [5, 5.41) is 14.9. The van der Waals surface area contributed by atoms with Gasteiger partial charge in [-0.1, -0.05) is 22.0 Å². The average molecular weight is 393 g/mol. The first-order chi connectivity index (χ1) is 12.1. The molecule has 0 spiro atoms. The maximum absolute atomic E-state index is 12.4. The molecule has 0 fully saturated rings. The van der Waals surface area contributed by atoms with Crippen molar-refractivity contribution in [3.8, 4) is 6.07 Å². The lowest BCUT2D eigenvalue weighted by Gasteiger charge is -2.09. The zero-order valence-corrected chi connectivity index (χ0v) is 14.6. The molecule has 0 unspecified atom stereocenters. The second kappa shape index (κ2) is 7.60. The molecule has 1 amide bonds. The van der Waals surface area contributed by atoms with Gasteiger partial charge in [0, 0.05) is 27.6 Å². The van der Waals surface area contributed by atoms with Gasteiger partial charge in [0.05, 0.1) is 11.6 Å². The van der Waals surface area contributed by atoms with E-state index in [0.29, 0.717) is 22.6 Å². The van der Waals surface area contributed by atoms with E-state index in [0.717, 1.165) is 10.2 Å². The Morgan fingerprint density at radius 3 is 2.60 bits per heavy atom. The van der Waals surface area contributed by atoms with E-state index < -0.39 is 0 Å². The van der Waals surface area contributed by atoms with Crippen LogP contribution >= 0.6 is 15.9 Å². The molecule has 0 aliphatic rings. The molecule has 0 radical (unpaired) electrons. The summed E-state index contributed by atoms with van der Waals surface area (Å²) in [6, 6.07) is 19.8. The monoisotopic (exact) mass is 392 g/mol. The largest absolute Gasteiger partial charge is 0.340 e. The van der Waals surface area contributed by atoms with Crippen molar-refractivity contribution in [3.63, 3.8) is 0 Å². The van der Waals surface area contributed by atoms with Crippen LogP contribution in [0.2, 0.25) is 0 Å². The van der Waals surface area contributed by atoms with Crippen LogP contribution < -0.4 is 10.6 Å². The highest BCUT2D eigenvalue weighted by atomic mass is 79.9. The van der Waals surface area contributed by atoms with E-state index in [9.17, 15) is 4.79 Å². The van der Waals surface area contributed by atoms with Crippen LogP contribution in [0.25, 0.3) is 0 Å². The van der Waals surface area contributed by atoms with E-state index in [-0.39, 0.29) is 5.91 Å². The fourth-order valence-electron chi connectivity index (χ4n) is 2.19. The summed E-state index contributed by atoms with van der Waals surface area (Å²) < 4.78 is 0.945. The molecule has 3 rings (SSSR count). The van der Waals surface area contributed by atoms with Crippen LogP contribution in [-0.2, 0) is 0 Å². The molecular formula is C19H13BrN4O. The lowest BCUT2D eigenvalue weighted by Crippen LogP contribution is -2.12. The van der Waals surface area contributed by atoms with Gasteiger partial charge in [-0.3, -0.25) is 4.79 Å². The van der Waals surface area contributed by atoms with Crippen molar-refractivity contribution in [3.05, 3.63) is 82.5 Å². The zero-order chi connectivity index (χ0) is 17.6. The molecule has 1 aromatic heterocycles. The maximum atomic E-state index is 12.4. The number of nitriles is 1. The number of aromatic nitrogens is 1. The number of hydrogen-bond acceptors (Lipinski definition) is 4. The Kier molecular flexibility index (Phi) is 5.07. The molecule has 3 aromatic rings. The third kappa shape index (κ3) is 4.43. The molecule has 5 nitrogen and oxygen atoms in total. The van der Waals surface area contributed by atoms with Gasteiger partial charge in [0.25, 0.3) is 5.91 Å². The molecule has 122 valence electrons. The molecule has 0 aliphatic heterocycles. The average Bonchev–Trinajstić information content (AvgIpc) is 2.64. The third-order valence-electron chi connectivity index (χ3n) is 3.39. The minimum absolute atomic E-state index is 0.224. The van der Waals surface area contributed by atoms with Gasteiger partial charge in [0.1, 0.15) is 5.82 Å². The van der Waals surface area contributed by atoms with Crippen LogP contribution in [0.4, 0.5) is 17.2 Å². The van der Waals surface area contributed by atoms with Crippen molar-refractivity contribution < 1.29 is 4.79 Å². The molecule has 2 N–H and O–H groups in total. The van der Waals surface area contributed by atoms with E-state index >= 15 is 0 Å². The number of halogens is 1. The lowest BCUT2D eigenvalue weighted by molar-refractivity contribution is 0.102. The van der Waals surface area contributed by atoms with Gasteiger partial charge in [0.15, 0.2) is 0 Å². The summed E-state index contributed by atoms with van der Waals surface area (Å²) in [5.41, 5.74) is 2.48. The van der Waals surface area contributed by atoms with E-state index in [1.54, 1.807) is 36.5 Å². The summed E-state index contributed by atoms with van der Waals surface area (Å²) in [4.78, 5) is 16.6. The number of carbonyl (C=O) groups excluding carboxylic acids is 1. The smallest absolute Gasteiger partial charge is 0.255 e. The van der Waals surface area contributed by atoms with Gasteiger partial charge in [-0.05, 0) is 54.6 Å². The van der Waals surface area contributed by atoms with Gasteiger partial charge in [-0.15, -0.1) is 0 Å². The van der Waals surface area contributed by atoms with Crippen LogP contribution in [0, 0.1) is 11.3 Å². The number of nitrogens with one attached hydrogen (secondary N) is 2. The summed E-state index contributed by atoms with van der Waals surface area (Å²) in [5.74, 6) is 0.303. The summed E-state index contributed by atoms with van der Waals surface area (Å²) in [6.07, 6.45) is 1.56. The quantitative estimate of drug-likeness (QED) is 0.673. The van der Waals surface area contributed by atoms with E-state index in [1.807, 2.05) is 30.3 Å². The van der Waals surface area contributed by atoms with Crippen molar-refractivity contribution in [1.82, 2.24) is 4.98 Å². The number of anilines is 3. The molecule has 0 bridgehead atoms. The van der Waals surface area contributed by atoms with Crippen molar-refractivity contribution in [2.24, 2.45) is 0 Å². The third-order valence-corrected chi connectivity index (χ3v) is 3.92. The summed E-state index contributed by atoms with van der Waals surface area (Å²) in [6.45, 7) is 0. The highest BCUT2D eigenvalue weighted by Gasteiger charge is 2.08. The highest BCUT2D eigenvalue weighted by molar-refractivity contribution is 9.10. The molecule has 25 heavy (non-hydrogen) atoms. The second-order valence-electron chi connectivity index (χ2n) is 5.21. The number of nitrogens with zero attached hydrogens (tertiary/aromatic N) is 2. The van der Waals surface area contributed by atoms with Gasteiger partial charge in [-0.25, -0.2) is 4.98 Å². The Morgan fingerprint density at radius 2 is 1.84 bits per heavy atom. The number of amides is 1. The molecule has 6 heteroatoms. The van der Waals surface area contributed by atoms with Crippen molar-refractivity contribution >= 4 is 39.0 Å². The maximum Gasteiger partial charge on any atom is 0.255 e. The molecule has 0 saturated heterocycles. The van der Waals surface area contributed by atoms with Crippen molar-refractivity contribution in [2.75, 3.05) is 10.6 Å². The summed E-state index contributed by atoms with van der Waals surface area (Å²) in [7, 11) is 0. The summed E-state index contributed by atoms with van der Waals surface area (Å²) >= 11 is 3.36. The van der Waals surface area contributed by atoms with Crippen LogP contribution in [0.3, 0.4) is 0 Å². The van der Waals surface area contributed by atoms with Crippen LogP contribution in [-0.4, -0.2) is 10.9 Å². The standard InChI is InChI=1S/C19H13BrN4O/c20-15-4-6-16(7-5-15)24-19(25)14-8-9-22-18(11-14)23-17-3-1-2-13(10-17)12-21/h1-11H,(H,22,23)(H,24,25). The van der Waals surface area contributed by atoms with Crippen molar-refractivity contribution in [2.45, 2.75) is 0 Å². The second-order valence-corrected chi connectivity index (χ2v) is 6.12. The van der Waals surface area contributed by atoms with Gasteiger partial charge in [-0.2, -0.15) is 5.26 Å². The Balaban J connectivity index is 1.75. The van der Waals surface area contributed by atoms with Crippen LogP contribution in [0.1, 0.15) is 15.9 Å². The van der Waals surface area contributed by atoms with Crippen LogP contribution in [0.15, 0.2) is 71.3 Å². The Labute approximate surface area is 153 Å².